The molecular formula is C77H128N6O56. The molecule has 0 bridgehead atoms. The van der Waals surface area contributed by atoms with E-state index in [9.17, 15) is 182 Å². The minimum Gasteiger partial charge on any atom is -0.477 e. The Kier molecular flexibility index (Phi) is 42.4. The van der Waals surface area contributed by atoms with Crippen molar-refractivity contribution in [2.45, 2.75) is 359 Å². The topological polar surface area (TPSA) is 963 Å². The molecule has 52 atom stereocenters. The zero-order valence-electron chi connectivity index (χ0n) is 74.7. The first kappa shape index (κ1) is 115. The molecule has 10 fully saturated rings. The fourth-order valence-electron chi connectivity index (χ4n) is 17.6. The highest BCUT2D eigenvalue weighted by molar-refractivity contribution is 5.77. The maximum Gasteiger partial charge on any atom is 0.364 e. The van der Waals surface area contributed by atoms with Gasteiger partial charge in [0.2, 0.25) is 35.9 Å². The summed E-state index contributed by atoms with van der Waals surface area (Å²) in [7, 11) is 0. The number of ether oxygens (including phenoxy) is 20. The highest BCUT2D eigenvalue weighted by Gasteiger charge is 2.64. The molecule has 0 aromatic rings. The van der Waals surface area contributed by atoms with Crippen LogP contribution in [0.5, 0.6) is 0 Å². The van der Waals surface area contributed by atoms with Gasteiger partial charge in [-0.3, -0.25) is 28.8 Å². The Bertz CT molecular complexity index is 3880. The van der Waals surface area contributed by atoms with Gasteiger partial charge in [0.25, 0.3) is 5.79 Å². The second kappa shape index (κ2) is 51.1. The summed E-state index contributed by atoms with van der Waals surface area (Å²) in [5.74, 6) is -10.2. The Morgan fingerprint density at radius 2 is 0.640 bits per heavy atom. The molecule has 0 radical (unpaired) electrons. The highest BCUT2D eigenvalue weighted by Crippen LogP contribution is 2.43. The van der Waals surface area contributed by atoms with E-state index >= 15 is 0 Å². The minimum atomic E-state index is -3.32. The number of nitrogens with one attached hydrogen (secondary N) is 6. The molecule has 10 heterocycles. The van der Waals surface area contributed by atoms with Gasteiger partial charge in [-0.1, -0.05) is 0 Å². The van der Waals surface area contributed by atoms with Crippen molar-refractivity contribution in [2.75, 3.05) is 79.3 Å². The van der Waals surface area contributed by atoms with Crippen molar-refractivity contribution in [1.82, 2.24) is 31.9 Å². The van der Waals surface area contributed by atoms with E-state index in [1.54, 1.807) is 0 Å². The molecule has 35 N–H and O–H groups in total. The smallest absolute Gasteiger partial charge is 0.364 e. The summed E-state index contributed by atoms with van der Waals surface area (Å²) in [6.07, 6.45) is -97.2. The molecule has 10 aliphatic heterocycles. The monoisotopic (exact) mass is 2030 g/mol. The number of carboxylic acid groups (broad SMARTS) is 1. The summed E-state index contributed by atoms with van der Waals surface area (Å²) in [5, 5.41) is 339. The molecule has 0 unspecified atom stereocenters. The van der Waals surface area contributed by atoms with Crippen LogP contribution in [0.1, 0.15) is 41.0 Å². The quantitative estimate of drug-likeness (QED) is 0.0252. The van der Waals surface area contributed by atoms with Crippen LogP contribution in [0.2, 0.25) is 0 Å². The molecule has 802 valence electrons. The second-order valence-electron chi connectivity index (χ2n) is 34.6. The van der Waals surface area contributed by atoms with Crippen LogP contribution in [0.3, 0.4) is 0 Å². The van der Waals surface area contributed by atoms with Crippen LogP contribution in [0.4, 0.5) is 0 Å². The van der Waals surface area contributed by atoms with Gasteiger partial charge in [0.05, 0.1) is 97.5 Å². The summed E-state index contributed by atoms with van der Waals surface area (Å²) in [6, 6.07) is -10.5. The van der Waals surface area contributed by atoms with Crippen molar-refractivity contribution in [2.24, 2.45) is 0 Å². The fourth-order valence-corrected chi connectivity index (χ4v) is 17.6. The van der Waals surface area contributed by atoms with Crippen molar-refractivity contribution >= 4 is 41.9 Å². The van der Waals surface area contributed by atoms with Gasteiger partial charge in [-0.15, -0.1) is 0 Å². The lowest BCUT2D eigenvalue weighted by Crippen LogP contribution is -2.71. The van der Waals surface area contributed by atoms with E-state index in [0.29, 0.717) is 0 Å². The molecule has 0 aromatic carbocycles. The van der Waals surface area contributed by atoms with E-state index in [1.807, 2.05) is 0 Å². The number of amides is 6. The number of aliphatic hydroxyl groups excluding tert-OH is 28. The number of rotatable bonds is 42. The SMILES string of the molecule is CC(=O)N[C@H]1[C@H](O[C@H]2[C@@H](O)[C@@H](CO)O[C@@H](O[C@H]3[C@H](O)[C@@H](O)[C@H](OC[C@@H](CO)NC=O)O[C@@H]3CO)[C@@H]2O)O[C@H](CO)[C@@H](O[C@@H]2O[C@H](CO[C@@H]3O[C@H](CO)[C@@H](O[C@@H]4O[C@H](CO[C@@H]5O[C@H](CO)[C@@H](O)[C@H](O)[C@H]5NC(C)=O)[C@H](O)[C@H](O[C@@H]5O[C@H](CO)[C@@H](O[C@@H]6O[C@H](CO)[C@H](O)[C@H](O[C@]7(C(=O)O)C[C@H](O)[C@@H](NC(C)=O)[C@H]([C@H](O)[C@H](O)CO)O7)[C@H]6O)[C@H](O)[C@H]5NC(C)=O)[C@H]4O)[C@H](O)[C@H]3NC(C)=O)[C@H](O)[C@H](O)[C@H]2O)[C@@H]1O. The van der Waals surface area contributed by atoms with Gasteiger partial charge in [-0.25, -0.2) is 4.79 Å². The second-order valence-corrected chi connectivity index (χ2v) is 34.6. The molecule has 0 saturated carbocycles. The molecule has 0 aliphatic carbocycles. The van der Waals surface area contributed by atoms with Gasteiger partial charge in [0, 0.05) is 41.0 Å². The van der Waals surface area contributed by atoms with Gasteiger partial charge in [-0.05, 0) is 0 Å². The average molecular weight is 2030 g/mol. The van der Waals surface area contributed by atoms with Crippen molar-refractivity contribution in [1.29, 1.82) is 0 Å². The molecule has 0 aromatic heterocycles. The average Bonchev–Trinajstić information content (AvgIpc) is 0.755. The summed E-state index contributed by atoms with van der Waals surface area (Å²) in [5.41, 5.74) is 0. The third-order valence-corrected chi connectivity index (χ3v) is 24.8. The van der Waals surface area contributed by atoms with Crippen molar-refractivity contribution in [3.8, 4) is 0 Å². The third kappa shape index (κ3) is 26.5. The van der Waals surface area contributed by atoms with Crippen LogP contribution >= 0.6 is 0 Å². The molecule has 6 amide bonds. The first-order valence-electron chi connectivity index (χ1n) is 44.0. The number of carboxylic acids is 1. The summed E-state index contributed by atoms with van der Waals surface area (Å²) in [4.78, 5) is 88.4. The third-order valence-electron chi connectivity index (χ3n) is 24.8. The lowest BCUT2D eigenvalue weighted by Gasteiger charge is -2.51. The van der Waals surface area contributed by atoms with Gasteiger partial charge in [-0.2, -0.15) is 0 Å². The maximum atomic E-state index is 13.3. The zero-order chi connectivity index (χ0) is 103. The van der Waals surface area contributed by atoms with E-state index in [-0.39, 0.29) is 6.41 Å². The van der Waals surface area contributed by atoms with Crippen molar-refractivity contribution in [3.63, 3.8) is 0 Å². The Labute approximate surface area is 786 Å². The predicted octanol–water partition coefficient (Wildman–Crippen LogP) is -23.7. The molecule has 0 spiro atoms. The minimum absolute atomic E-state index is 0.244. The van der Waals surface area contributed by atoms with Gasteiger partial charge in [0.15, 0.2) is 56.6 Å². The number of aliphatic carboxylic acids is 1. The highest BCUT2D eigenvalue weighted by atomic mass is 16.8. The van der Waals surface area contributed by atoms with Crippen LogP contribution in [0.25, 0.3) is 0 Å². The lowest BCUT2D eigenvalue weighted by atomic mass is 9.88. The van der Waals surface area contributed by atoms with E-state index in [4.69, 9.17) is 94.7 Å². The van der Waals surface area contributed by atoms with E-state index in [2.05, 4.69) is 31.9 Å². The molecule has 10 aliphatic rings. The maximum absolute atomic E-state index is 13.3. The van der Waals surface area contributed by atoms with E-state index in [0.717, 1.165) is 34.6 Å². The van der Waals surface area contributed by atoms with Crippen LogP contribution < -0.4 is 31.9 Å². The molecular weight excluding hydrogens is 1900 g/mol. The number of hydrogen-bond acceptors (Lipinski definition) is 55. The fraction of sp³-hybridized carbons (Fsp3) is 0.909. The number of carbonyl (C=O) groups is 7. The number of aliphatic hydroxyl groups is 28. The van der Waals surface area contributed by atoms with Gasteiger partial charge < -0.3 is 275 Å². The summed E-state index contributed by atoms with van der Waals surface area (Å²) < 4.78 is 118. The lowest BCUT2D eigenvalue weighted by molar-refractivity contribution is -0.390. The number of hydrogen-bond donors (Lipinski definition) is 35. The molecule has 62 nitrogen and oxygen atoms in total. The standard InChI is InChI=1S/C77H128N6O56/c1-20(94)79-37-26(99)6-77(76(118)119,138-63(37)42(101)27(100)8-85)139-66-46(105)30(11-88)125-75(58(66)117)134-61-33(14-91)128-70(41(51(61)110)83-24(5)98)137-65-47(106)36(18-122-67-38(80-21(2)95)48(107)43(102)28(9-86)123-67)131-74(57(65)116)133-59-31(12-89)126-68(39(49(59)108)81-22(3)96)121-17-35-44(103)52(111)54(113)72(130-35)132-60-32(13-90)127-69(40(50(60)109)82-23(4)97)136-64-45(104)29(10-87)124-73(56(64)115)135-62-34(15-92)129-71(55(114)53(62)112)120-16-25(7-84)78-19-93/h19,25-75,84-92,99-117H,6-18H2,1-5H3,(H,78,93)(H,79,94)(H,80,95)(H,81,96)(H,82,97)(H,83,98)(H,118,119)/t25-,26+,27-,28-,29-,30-,31-,32-,33-,34-,35-,36-,37-,38-,39-,40-,41-,42-,43-,44+,45+,46+,47+,48-,49-,50-,51-,52+,53-,54-,55-,56-,57-,58-,59-,60-,61-,62-,63-,64+,65+,66+,67-,68-,69+,70+,71-,72+,73+,74+,75+,77+/m1/s1. The van der Waals surface area contributed by atoms with Crippen molar-refractivity contribution in [3.05, 3.63) is 0 Å². The van der Waals surface area contributed by atoms with Gasteiger partial charge >= 0.3 is 5.97 Å². The Hall–Kier alpha value is -5.63. The molecule has 10 saturated heterocycles. The Balaban J connectivity index is 0.868. The van der Waals surface area contributed by atoms with E-state index < -0.39 is 440 Å². The first-order chi connectivity index (χ1) is 65.7. The van der Waals surface area contributed by atoms with Gasteiger partial charge in [0.1, 0.15) is 238 Å². The normalized spacial score (nSPS) is 45.6. The first-order valence-corrected chi connectivity index (χ1v) is 44.0. The Morgan fingerprint density at radius 3 is 1.04 bits per heavy atom. The summed E-state index contributed by atoms with van der Waals surface area (Å²) in [6.45, 7) is -7.89. The van der Waals surface area contributed by atoms with Crippen molar-refractivity contribution < 1.29 is 276 Å². The number of carbonyl (C=O) groups excluding carboxylic acids is 6. The molecule has 62 heteroatoms. The Morgan fingerprint density at radius 1 is 0.331 bits per heavy atom. The molecule has 10 rings (SSSR count). The largest absolute Gasteiger partial charge is 0.477 e. The van der Waals surface area contributed by atoms with E-state index in [1.165, 1.54) is 0 Å². The molecule has 139 heavy (non-hydrogen) atoms. The predicted molar refractivity (Wildman–Crippen MR) is 429 cm³/mol. The summed E-state index contributed by atoms with van der Waals surface area (Å²) >= 11 is 0. The zero-order valence-corrected chi connectivity index (χ0v) is 74.7. The van der Waals surface area contributed by atoms with Crippen LogP contribution in [-0.4, -0.2) is 588 Å². The van der Waals surface area contributed by atoms with Crippen LogP contribution in [-0.2, 0) is 128 Å². The van der Waals surface area contributed by atoms with Crippen LogP contribution in [0.15, 0.2) is 0 Å². The van der Waals surface area contributed by atoms with Crippen LogP contribution in [0, 0.1) is 0 Å².